The molecule has 2 heterocycles. The lowest BCUT2D eigenvalue weighted by Gasteiger charge is -2.36. The predicted molar refractivity (Wildman–Crippen MR) is 141 cm³/mol. The summed E-state index contributed by atoms with van der Waals surface area (Å²) >= 11 is 0. The molecule has 0 aliphatic carbocycles. The van der Waals surface area contributed by atoms with E-state index in [-0.39, 0.29) is 11.5 Å². The van der Waals surface area contributed by atoms with Gasteiger partial charge in [-0.3, -0.25) is 14.2 Å². The molecule has 0 unspecified atom stereocenters. The number of hydrogen-bond donors (Lipinski definition) is 1. The molecule has 1 aliphatic rings. The third-order valence-corrected chi connectivity index (χ3v) is 6.64. The first-order valence-corrected chi connectivity index (χ1v) is 12.0. The van der Waals surface area contributed by atoms with Gasteiger partial charge in [-0.15, -0.1) is 0 Å². The molecule has 4 aromatic rings. The number of rotatable bonds is 5. The monoisotopic (exact) mass is 467 g/mol. The molecular weight excluding hydrogens is 438 g/mol. The number of carbonyl (C=O) groups is 1. The van der Waals surface area contributed by atoms with Crippen LogP contribution in [0.5, 0.6) is 0 Å². The van der Waals surface area contributed by atoms with Gasteiger partial charge < -0.3 is 15.1 Å². The van der Waals surface area contributed by atoms with Gasteiger partial charge in [0.05, 0.1) is 28.0 Å². The summed E-state index contributed by atoms with van der Waals surface area (Å²) < 4.78 is 1.58. The number of aromatic nitrogens is 2. The van der Waals surface area contributed by atoms with E-state index in [1.165, 1.54) is 0 Å². The van der Waals surface area contributed by atoms with E-state index in [0.29, 0.717) is 28.0 Å². The summed E-state index contributed by atoms with van der Waals surface area (Å²) in [6, 6.07) is 22.3. The number of nitrogens with one attached hydrogen (secondary N) is 1. The van der Waals surface area contributed by atoms with Crippen LogP contribution in [-0.4, -0.2) is 53.1 Å². The number of fused-ring (bicyclic) bond motifs is 1. The summed E-state index contributed by atoms with van der Waals surface area (Å²) in [5.41, 5.74) is 3.60. The van der Waals surface area contributed by atoms with E-state index in [1.54, 1.807) is 34.9 Å². The normalized spacial score (nSPS) is 14.3. The number of nitrogens with zero attached hydrogens (tertiary/aromatic N) is 4. The standard InChI is InChI=1S/C28H29N5O2/c1-3-31-16-18-32(19-17-31)26-11-7-6-10-25(26)30-27(34)21-12-14-22(15-13-21)33-20(2)29-24-9-5-4-8-23(24)28(33)35/h4-15H,3,16-19H2,1-2H3,(H,30,34). The van der Waals surface area contributed by atoms with Crippen molar-refractivity contribution in [2.45, 2.75) is 13.8 Å². The maximum atomic E-state index is 13.1. The zero-order chi connectivity index (χ0) is 24.4. The lowest BCUT2D eigenvalue weighted by Crippen LogP contribution is -2.46. The Labute approximate surface area is 204 Å². The highest BCUT2D eigenvalue weighted by Crippen LogP contribution is 2.27. The predicted octanol–water partition coefficient (Wildman–Crippen LogP) is 4.09. The van der Waals surface area contributed by atoms with E-state index in [9.17, 15) is 9.59 Å². The number of anilines is 2. The Morgan fingerprint density at radius 1 is 0.914 bits per heavy atom. The fourth-order valence-electron chi connectivity index (χ4n) is 4.66. The van der Waals surface area contributed by atoms with Gasteiger partial charge in [-0.1, -0.05) is 31.2 Å². The fraction of sp³-hybridized carbons (Fsp3) is 0.250. The van der Waals surface area contributed by atoms with Gasteiger partial charge in [-0.25, -0.2) is 4.98 Å². The van der Waals surface area contributed by atoms with Crippen LogP contribution >= 0.6 is 0 Å². The molecule has 1 aliphatic heterocycles. The molecule has 7 nitrogen and oxygen atoms in total. The molecule has 5 rings (SSSR count). The van der Waals surface area contributed by atoms with Gasteiger partial charge in [0.15, 0.2) is 0 Å². The summed E-state index contributed by atoms with van der Waals surface area (Å²) in [4.78, 5) is 35.5. The number of amides is 1. The summed E-state index contributed by atoms with van der Waals surface area (Å²) in [6.45, 7) is 8.95. The Balaban J connectivity index is 1.37. The molecule has 3 aromatic carbocycles. The van der Waals surface area contributed by atoms with E-state index in [1.807, 2.05) is 43.3 Å². The average Bonchev–Trinajstić information content (AvgIpc) is 2.89. The summed E-state index contributed by atoms with van der Waals surface area (Å²) in [7, 11) is 0. The van der Waals surface area contributed by atoms with Crippen molar-refractivity contribution in [1.82, 2.24) is 14.5 Å². The average molecular weight is 468 g/mol. The number of likely N-dealkylation sites (N-methyl/N-ethyl adjacent to an activating group) is 1. The van der Waals surface area contributed by atoms with Gasteiger partial charge in [0.1, 0.15) is 5.82 Å². The molecule has 0 atom stereocenters. The van der Waals surface area contributed by atoms with E-state index in [2.05, 4.69) is 33.1 Å². The van der Waals surface area contributed by atoms with Crippen molar-refractivity contribution >= 4 is 28.2 Å². The molecule has 1 amide bonds. The lowest BCUT2D eigenvalue weighted by molar-refractivity contribution is 0.102. The topological polar surface area (TPSA) is 70.5 Å². The highest BCUT2D eigenvalue weighted by atomic mass is 16.1. The molecule has 1 N–H and O–H groups in total. The largest absolute Gasteiger partial charge is 0.367 e. The number of benzene rings is 3. The molecule has 0 radical (unpaired) electrons. The molecule has 0 saturated carbocycles. The molecule has 0 bridgehead atoms. The van der Waals surface area contributed by atoms with Gasteiger partial charge in [0, 0.05) is 31.7 Å². The number of aryl methyl sites for hydroxylation is 1. The number of piperazine rings is 1. The van der Waals surface area contributed by atoms with Crippen LogP contribution in [0.1, 0.15) is 23.1 Å². The number of hydrogen-bond acceptors (Lipinski definition) is 5. The molecule has 1 aromatic heterocycles. The molecule has 178 valence electrons. The molecular formula is C28H29N5O2. The Morgan fingerprint density at radius 3 is 2.34 bits per heavy atom. The number of para-hydroxylation sites is 3. The molecule has 1 saturated heterocycles. The zero-order valence-corrected chi connectivity index (χ0v) is 20.1. The SMILES string of the molecule is CCN1CCN(c2ccccc2NC(=O)c2ccc(-n3c(C)nc4ccccc4c3=O)cc2)CC1. The molecule has 7 heteroatoms. The third-order valence-electron chi connectivity index (χ3n) is 6.64. The van der Waals surface area contributed by atoms with Crippen molar-refractivity contribution in [3.8, 4) is 5.69 Å². The Kier molecular flexibility index (Phi) is 6.33. The van der Waals surface area contributed by atoms with Crippen molar-refractivity contribution in [3.63, 3.8) is 0 Å². The number of carbonyl (C=O) groups excluding carboxylic acids is 1. The van der Waals surface area contributed by atoms with E-state index < -0.39 is 0 Å². The minimum absolute atomic E-state index is 0.123. The second-order valence-electron chi connectivity index (χ2n) is 8.76. The first kappa shape index (κ1) is 22.8. The highest BCUT2D eigenvalue weighted by molar-refractivity contribution is 6.06. The molecule has 0 spiro atoms. The van der Waals surface area contributed by atoms with Crippen LogP contribution in [-0.2, 0) is 0 Å². The minimum Gasteiger partial charge on any atom is -0.367 e. The Hall–Kier alpha value is -3.97. The summed E-state index contributed by atoms with van der Waals surface area (Å²) in [6.07, 6.45) is 0. The first-order chi connectivity index (χ1) is 17.0. The Morgan fingerprint density at radius 2 is 1.60 bits per heavy atom. The lowest BCUT2D eigenvalue weighted by atomic mass is 10.1. The second-order valence-corrected chi connectivity index (χ2v) is 8.76. The van der Waals surface area contributed by atoms with Crippen LogP contribution in [0.15, 0.2) is 77.6 Å². The van der Waals surface area contributed by atoms with Gasteiger partial charge in [0.25, 0.3) is 11.5 Å². The van der Waals surface area contributed by atoms with Crippen molar-refractivity contribution < 1.29 is 4.79 Å². The van der Waals surface area contributed by atoms with Crippen LogP contribution < -0.4 is 15.8 Å². The van der Waals surface area contributed by atoms with Crippen molar-refractivity contribution in [2.75, 3.05) is 42.9 Å². The van der Waals surface area contributed by atoms with Gasteiger partial charge >= 0.3 is 0 Å². The van der Waals surface area contributed by atoms with Crippen molar-refractivity contribution in [1.29, 1.82) is 0 Å². The molecule has 1 fully saturated rings. The maximum Gasteiger partial charge on any atom is 0.265 e. The van der Waals surface area contributed by atoms with Crippen LogP contribution in [0, 0.1) is 6.92 Å². The van der Waals surface area contributed by atoms with Gasteiger partial charge in [0.2, 0.25) is 0 Å². The molecule has 35 heavy (non-hydrogen) atoms. The van der Waals surface area contributed by atoms with Crippen molar-refractivity contribution in [2.24, 2.45) is 0 Å². The zero-order valence-electron chi connectivity index (χ0n) is 20.1. The van der Waals surface area contributed by atoms with Crippen LogP contribution in [0.25, 0.3) is 16.6 Å². The van der Waals surface area contributed by atoms with Crippen molar-refractivity contribution in [3.05, 3.63) is 94.5 Å². The van der Waals surface area contributed by atoms with E-state index in [0.717, 1.165) is 44.1 Å². The van der Waals surface area contributed by atoms with Crippen LogP contribution in [0.3, 0.4) is 0 Å². The van der Waals surface area contributed by atoms with Crippen LogP contribution in [0.2, 0.25) is 0 Å². The Bertz CT molecular complexity index is 1420. The van der Waals surface area contributed by atoms with Gasteiger partial charge in [-0.05, 0) is 62.0 Å². The smallest absolute Gasteiger partial charge is 0.265 e. The summed E-state index contributed by atoms with van der Waals surface area (Å²) in [5.74, 6) is 0.417. The van der Waals surface area contributed by atoms with Gasteiger partial charge in [-0.2, -0.15) is 0 Å². The van der Waals surface area contributed by atoms with E-state index >= 15 is 0 Å². The van der Waals surface area contributed by atoms with E-state index in [4.69, 9.17) is 0 Å². The quantitative estimate of drug-likeness (QED) is 0.479. The second kappa shape index (κ2) is 9.72. The fourth-order valence-corrected chi connectivity index (χ4v) is 4.66. The van der Waals surface area contributed by atoms with Crippen LogP contribution in [0.4, 0.5) is 11.4 Å². The maximum absolute atomic E-state index is 13.1. The highest BCUT2D eigenvalue weighted by Gasteiger charge is 2.19. The third kappa shape index (κ3) is 4.55. The minimum atomic E-state index is -0.183. The first-order valence-electron chi connectivity index (χ1n) is 12.0. The summed E-state index contributed by atoms with van der Waals surface area (Å²) in [5, 5.41) is 3.65.